The second-order valence-corrected chi connectivity index (χ2v) is 10.7. The Bertz CT molecular complexity index is 1410. The molecule has 0 aliphatic heterocycles. The SMILES string of the molecule is Cn1cnnc1Sc1ccc(C(=O)NCCSCc2cn(-c3cc(Cl)ccc3Br)nn2)cc1[N+](=O)[O-]. The van der Waals surface area contributed by atoms with Crippen LogP contribution in [0.2, 0.25) is 5.02 Å². The van der Waals surface area contributed by atoms with Gasteiger partial charge in [-0.15, -0.1) is 15.3 Å². The van der Waals surface area contributed by atoms with Gasteiger partial charge in [0.1, 0.15) is 6.33 Å². The predicted octanol–water partition coefficient (Wildman–Crippen LogP) is 4.53. The number of carbonyl (C=O) groups is 1. The highest BCUT2D eigenvalue weighted by Gasteiger charge is 2.20. The Morgan fingerprint density at radius 3 is 2.83 bits per heavy atom. The smallest absolute Gasteiger partial charge is 0.284 e. The van der Waals surface area contributed by atoms with E-state index in [2.05, 4.69) is 41.8 Å². The van der Waals surface area contributed by atoms with Crippen LogP contribution in [0, 0.1) is 10.1 Å². The van der Waals surface area contributed by atoms with Gasteiger partial charge in [-0.1, -0.05) is 16.8 Å². The summed E-state index contributed by atoms with van der Waals surface area (Å²) in [5, 5.41) is 31.5. The third kappa shape index (κ3) is 6.43. The lowest BCUT2D eigenvalue weighted by Crippen LogP contribution is -2.25. The van der Waals surface area contributed by atoms with Crippen molar-refractivity contribution in [3.63, 3.8) is 0 Å². The van der Waals surface area contributed by atoms with Crippen LogP contribution in [0.5, 0.6) is 0 Å². The molecule has 1 amide bonds. The summed E-state index contributed by atoms with van der Waals surface area (Å²) in [7, 11) is 1.74. The van der Waals surface area contributed by atoms with Crippen LogP contribution in [0.4, 0.5) is 5.69 Å². The van der Waals surface area contributed by atoms with Gasteiger partial charge in [-0.2, -0.15) is 11.8 Å². The molecule has 4 rings (SSSR count). The van der Waals surface area contributed by atoms with Crippen molar-refractivity contribution in [3.8, 4) is 5.69 Å². The quantitative estimate of drug-likeness (QED) is 0.156. The van der Waals surface area contributed by atoms with Crippen LogP contribution in [-0.2, 0) is 12.8 Å². The molecule has 0 atom stereocenters. The first-order valence-electron chi connectivity index (χ1n) is 10.3. The van der Waals surface area contributed by atoms with Crippen LogP contribution in [0.25, 0.3) is 5.69 Å². The average molecular weight is 610 g/mol. The minimum absolute atomic E-state index is 0.167. The molecular formula is C21H18BrClN8O3S2. The largest absolute Gasteiger partial charge is 0.351 e. The van der Waals surface area contributed by atoms with Crippen molar-refractivity contribution in [1.29, 1.82) is 0 Å². The van der Waals surface area contributed by atoms with Gasteiger partial charge in [-0.3, -0.25) is 14.9 Å². The Morgan fingerprint density at radius 2 is 2.08 bits per heavy atom. The molecule has 0 bridgehead atoms. The van der Waals surface area contributed by atoms with Crippen molar-refractivity contribution < 1.29 is 9.72 Å². The van der Waals surface area contributed by atoms with E-state index in [9.17, 15) is 14.9 Å². The molecule has 36 heavy (non-hydrogen) atoms. The molecule has 4 aromatic rings. The molecule has 2 aromatic carbocycles. The van der Waals surface area contributed by atoms with E-state index in [1.165, 1.54) is 12.4 Å². The Balaban J connectivity index is 1.28. The summed E-state index contributed by atoms with van der Waals surface area (Å²) >= 11 is 12.2. The number of halogens is 2. The van der Waals surface area contributed by atoms with Crippen LogP contribution >= 0.6 is 51.1 Å². The van der Waals surface area contributed by atoms with Crippen molar-refractivity contribution in [3.05, 3.63) is 79.8 Å². The van der Waals surface area contributed by atoms with Crippen molar-refractivity contribution >= 4 is 62.6 Å². The number of hydrogen-bond acceptors (Lipinski definition) is 9. The minimum Gasteiger partial charge on any atom is -0.351 e. The number of thioether (sulfide) groups is 1. The lowest BCUT2D eigenvalue weighted by atomic mass is 10.2. The van der Waals surface area contributed by atoms with Gasteiger partial charge in [0.15, 0.2) is 5.16 Å². The predicted molar refractivity (Wildman–Crippen MR) is 141 cm³/mol. The first kappa shape index (κ1) is 26.1. The van der Waals surface area contributed by atoms with Crippen molar-refractivity contribution in [2.24, 2.45) is 7.05 Å². The normalized spacial score (nSPS) is 11.0. The Hall–Kier alpha value is -2.94. The van der Waals surface area contributed by atoms with E-state index in [-0.39, 0.29) is 17.2 Å². The monoisotopic (exact) mass is 608 g/mol. The lowest BCUT2D eigenvalue weighted by Gasteiger charge is -2.07. The number of carbonyl (C=O) groups excluding carboxylic acids is 1. The van der Waals surface area contributed by atoms with E-state index in [1.54, 1.807) is 52.3 Å². The molecule has 0 radical (unpaired) electrons. The Kier molecular flexibility index (Phi) is 8.61. The summed E-state index contributed by atoms with van der Waals surface area (Å²) in [6.45, 7) is 0.390. The number of nitrogens with zero attached hydrogens (tertiary/aromatic N) is 7. The summed E-state index contributed by atoms with van der Waals surface area (Å²) in [6.07, 6.45) is 3.33. The number of aryl methyl sites for hydroxylation is 1. The molecule has 0 spiro atoms. The van der Waals surface area contributed by atoms with Gasteiger partial charge in [-0.05, 0) is 58.0 Å². The average Bonchev–Trinajstić information content (AvgIpc) is 3.49. The summed E-state index contributed by atoms with van der Waals surface area (Å²) < 4.78 is 4.15. The lowest BCUT2D eigenvalue weighted by molar-refractivity contribution is -0.387. The molecule has 15 heteroatoms. The van der Waals surface area contributed by atoms with E-state index >= 15 is 0 Å². The summed E-state index contributed by atoms with van der Waals surface area (Å²) in [6, 6.07) is 9.78. The summed E-state index contributed by atoms with van der Waals surface area (Å²) in [5.41, 5.74) is 1.61. The fourth-order valence-electron chi connectivity index (χ4n) is 3.01. The van der Waals surface area contributed by atoms with E-state index in [1.807, 2.05) is 12.3 Å². The fraction of sp³-hybridized carbons (Fsp3) is 0.190. The van der Waals surface area contributed by atoms with E-state index in [4.69, 9.17) is 11.6 Å². The molecular weight excluding hydrogens is 592 g/mol. The number of nitro benzene ring substituents is 1. The zero-order chi connectivity index (χ0) is 25.7. The molecule has 1 N–H and O–H groups in total. The number of nitrogens with one attached hydrogen (secondary N) is 1. The maximum Gasteiger partial charge on any atom is 0.284 e. The minimum atomic E-state index is -0.513. The highest BCUT2D eigenvalue weighted by atomic mass is 79.9. The van der Waals surface area contributed by atoms with Gasteiger partial charge in [0.05, 0.1) is 27.4 Å². The Morgan fingerprint density at radius 1 is 1.25 bits per heavy atom. The number of benzene rings is 2. The highest BCUT2D eigenvalue weighted by Crippen LogP contribution is 2.34. The first-order chi connectivity index (χ1) is 17.3. The van der Waals surface area contributed by atoms with E-state index in [0.29, 0.717) is 33.1 Å². The van der Waals surface area contributed by atoms with E-state index in [0.717, 1.165) is 27.6 Å². The molecule has 186 valence electrons. The molecule has 11 nitrogen and oxygen atoms in total. The molecule has 0 aliphatic carbocycles. The number of rotatable bonds is 10. The second kappa shape index (κ2) is 11.9. The van der Waals surface area contributed by atoms with Gasteiger partial charge in [0, 0.05) is 46.2 Å². The number of amides is 1. The third-order valence-corrected chi connectivity index (χ3v) is 7.78. The van der Waals surface area contributed by atoms with Gasteiger partial charge in [-0.25, -0.2) is 4.68 Å². The van der Waals surface area contributed by atoms with Gasteiger partial charge in [0.25, 0.3) is 11.6 Å². The van der Waals surface area contributed by atoms with Crippen molar-refractivity contribution in [2.75, 3.05) is 12.3 Å². The van der Waals surface area contributed by atoms with Crippen LogP contribution < -0.4 is 5.32 Å². The number of nitro groups is 1. The van der Waals surface area contributed by atoms with Crippen LogP contribution in [0.15, 0.2) is 63.4 Å². The van der Waals surface area contributed by atoms with Gasteiger partial charge < -0.3 is 9.88 Å². The van der Waals surface area contributed by atoms with E-state index < -0.39 is 4.92 Å². The molecule has 2 heterocycles. The molecule has 2 aromatic heterocycles. The van der Waals surface area contributed by atoms with Crippen LogP contribution in [-0.4, -0.2) is 52.9 Å². The zero-order valence-corrected chi connectivity index (χ0v) is 22.6. The van der Waals surface area contributed by atoms with Gasteiger partial charge >= 0.3 is 0 Å². The first-order valence-corrected chi connectivity index (χ1v) is 13.5. The van der Waals surface area contributed by atoms with Gasteiger partial charge in [0.2, 0.25) is 0 Å². The number of hydrogen-bond donors (Lipinski definition) is 1. The molecule has 0 saturated carbocycles. The van der Waals surface area contributed by atoms with Crippen molar-refractivity contribution in [1.82, 2.24) is 35.1 Å². The Labute approximate surface area is 227 Å². The van der Waals surface area contributed by atoms with Crippen LogP contribution in [0.1, 0.15) is 16.1 Å². The molecule has 0 aliphatic rings. The highest BCUT2D eigenvalue weighted by molar-refractivity contribution is 9.10. The zero-order valence-electron chi connectivity index (χ0n) is 18.7. The molecule has 0 unspecified atom stereocenters. The summed E-state index contributed by atoms with van der Waals surface area (Å²) in [4.78, 5) is 24.0. The summed E-state index contributed by atoms with van der Waals surface area (Å²) in [5.74, 6) is 0.848. The topological polar surface area (TPSA) is 134 Å². The molecule has 0 fully saturated rings. The van der Waals surface area contributed by atoms with Crippen molar-refractivity contribution in [2.45, 2.75) is 15.8 Å². The standard InChI is InChI=1S/C21H18BrClN8O3S2/c1-29-12-25-27-21(29)36-19-5-2-13(8-18(19)31(33)34)20(32)24-6-7-35-11-15-10-30(28-26-15)17-9-14(23)3-4-16(17)22/h2-5,8-10,12H,6-7,11H2,1H3,(H,24,32). The number of aromatic nitrogens is 6. The fourth-order valence-corrected chi connectivity index (χ4v) is 5.19. The third-order valence-electron chi connectivity index (χ3n) is 4.77. The van der Waals surface area contributed by atoms with Crippen LogP contribution in [0.3, 0.4) is 0 Å². The maximum atomic E-state index is 12.5. The molecule has 0 saturated heterocycles. The second-order valence-electron chi connectivity index (χ2n) is 7.32. The maximum absolute atomic E-state index is 12.5.